The van der Waals surface area contributed by atoms with Gasteiger partial charge in [0.05, 0.1) is 17.3 Å². The predicted octanol–water partition coefficient (Wildman–Crippen LogP) is 5.25. The second kappa shape index (κ2) is 9.92. The van der Waals surface area contributed by atoms with Crippen molar-refractivity contribution in [2.75, 3.05) is 25.5 Å². The van der Waals surface area contributed by atoms with Crippen molar-refractivity contribution < 1.29 is 17.9 Å². The monoisotopic (exact) mass is 495 g/mol. The molecule has 0 saturated carbocycles. The first-order valence-corrected chi connectivity index (χ1v) is 13.1. The van der Waals surface area contributed by atoms with E-state index in [-0.39, 0.29) is 16.2 Å². The number of fused-ring (bicyclic) bond motifs is 1. The average molecular weight is 496 g/mol. The first-order chi connectivity index (χ1) is 16.4. The van der Waals surface area contributed by atoms with E-state index in [1.165, 1.54) is 23.5 Å². The maximum Gasteiger partial charge on any atom is 0.255 e. The Balaban J connectivity index is 1.56. The molecule has 0 unspecified atom stereocenters. The van der Waals surface area contributed by atoms with Crippen LogP contribution in [0.5, 0.6) is 5.75 Å². The van der Waals surface area contributed by atoms with Crippen LogP contribution >= 0.6 is 11.3 Å². The first kappa shape index (κ1) is 23.9. The van der Waals surface area contributed by atoms with Crippen molar-refractivity contribution in [1.82, 2.24) is 9.29 Å². The number of thiazole rings is 1. The Labute approximate surface area is 203 Å². The fourth-order valence-electron chi connectivity index (χ4n) is 3.62. The predicted molar refractivity (Wildman–Crippen MR) is 136 cm³/mol. The molecule has 0 bridgehead atoms. The number of aromatic nitrogens is 1. The highest BCUT2D eigenvalue weighted by Gasteiger charge is 2.26. The lowest BCUT2D eigenvalue weighted by Gasteiger charge is -2.20. The van der Waals surface area contributed by atoms with E-state index in [0.29, 0.717) is 18.8 Å². The highest BCUT2D eigenvalue weighted by atomic mass is 32.2. The number of rotatable bonds is 8. The van der Waals surface area contributed by atoms with Gasteiger partial charge in [0.25, 0.3) is 5.91 Å². The van der Waals surface area contributed by atoms with Crippen LogP contribution in [0.2, 0.25) is 0 Å². The molecule has 0 radical (unpaired) electrons. The molecule has 7 nitrogen and oxygen atoms in total. The summed E-state index contributed by atoms with van der Waals surface area (Å²) in [5, 5.41) is 3.73. The summed E-state index contributed by atoms with van der Waals surface area (Å²) in [5.41, 5.74) is 2.73. The normalized spacial score (nSPS) is 11.6. The zero-order chi connectivity index (χ0) is 24.3. The molecule has 0 saturated heterocycles. The fraction of sp³-hybridized carbons (Fsp3) is 0.200. The summed E-state index contributed by atoms with van der Waals surface area (Å²) in [7, 11) is -2.39. The lowest BCUT2D eigenvalue weighted by molar-refractivity contribution is 0.102. The zero-order valence-corrected chi connectivity index (χ0v) is 20.7. The lowest BCUT2D eigenvalue weighted by Crippen LogP contribution is -2.31. The van der Waals surface area contributed by atoms with Gasteiger partial charge in [0, 0.05) is 29.9 Å². The van der Waals surface area contributed by atoms with Crippen molar-refractivity contribution >= 4 is 43.2 Å². The van der Waals surface area contributed by atoms with Crippen LogP contribution in [-0.4, -0.2) is 43.8 Å². The summed E-state index contributed by atoms with van der Waals surface area (Å²) in [4.78, 5) is 17.5. The molecule has 3 aromatic carbocycles. The Kier molecular flexibility index (Phi) is 6.97. The number of para-hydroxylation sites is 1. The number of benzene rings is 3. The maximum absolute atomic E-state index is 13.1. The Morgan fingerprint density at radius 2 is 1.74 bits per heavy atom. The third kappa shape index (κ3) is 4.68. The maximum atomic E-state index is 13.1. The van der Waals surface area contributed by atoms with Gasteiger partial charge in [-0.3, -0.25) is 4.79 Å². The molecule has 4 aromatic rings. The van der Waals surface area contributed by atoms with E-state index in [0.717, 1.165) is 20.8 Å². The van der Waals surface area contributed by atoms with Crippen LogP contribution in [0.25, 0.3) is 20.8 Å². The molecule has 1 amide bonds. The number of anilines is 1. The summed E-state index contributed by atoms with van der Waals surface area (Å²) < 4.78 is 33.8. The molecule has 0 aliphatic rings. The molecule has 0 atom stereocenters. The average Bonchev–Trinajstić information content (AvgIpc) is 3.29. The number of carbonyl (C=O) groups is 1. The molecule has 0 aliphatic heterocycles. The van der Waals surface area contributed by atoms with Crippen LogP contribution in [0.15, 0.2) is 71.6 Å². The van der Waals surface area contributed by atoms with Gasteiger partial charge in [0.15, 0.2) is 0 Å². The van der Waals surface area contributed by atoms with Gasteiger partial charge in [-0.2, -0.15) is 4.31 Å². The third-order valence-corrected chi connectivity index (χ3v) is 8.59. The third-order valence-electron chi connectivity index (χ3n) is 5.43. The van der Waals surface area contributed by atoms with Crippen LogP contribution in [0.3, 0.4) is 0 Å². The van der Waals surface area contributed by atoms with E-state index in [1.807, 2.05) is 36.4 Å². The quantitative estimate of drug-likeness (QED) is 0.360. The fourth-order valence-corrected chi connectivity index (χ4v) is 6.23. The van der Waals surface area contributed by atoms with Gasteiger partial charge in [-0.25, -0.2) is 13.4 Å². The summed E-state index contributed by atoms with van der Waals surface area (Å²) in [5.74, 6) is -0.213. The molecule has 1 aromatic heterocycles. The van der Waals surface area contributed by atoms with Gasteiger partial charge in [-0.15, -0.1) is 11.3 Å². The van der Waals surface area contributed by atoms with Crippen LogP contribution in [0, 0.1) is 0 Å². The summed E-state index contributed by atoms with van der Waals surface area (Å²) >= 11 is 1.61. The van der Waals surface area contributed by atoms with Gasteiger partial charge in [-0.05, 0) is 54.6 Å². The van der Waals surface area contributed by atoms with Crippen LogP contribution in [-0.2, 0) is 10.0 Å². The van der Waals surface area contributed by atoms with Crippen molar-refractivity contribution in [1.29, 1.82) is 0 Å². The molecule has 1 heterocycles. The summed E-state index contributed by atoms with van der Waals surface area (Å²) in [6, 6.07) is 19.8. The molecule has 176 valence electrons. The molecule has 0 fully saturated rings. The van der Waals surface area contributed by atoms with Crippen molar-refractivity contribution in [3.05, 3.63) is 72.3 Å². The minimum Gasteiger partial charge on any atom is -0.495 e. The second-order valence-corrected chi connectivity index (χ2v) is 10.4. The number of nitrogens with one attached hydrogen (secondary N) is 1. The zero-order valence-electron chi connectivity index (χ0n) is 19.1. The Bertz CT molecular complexity index is 1390. The number of ether oxygens (including phenoxy) is 1. The van der Waals surface area contributed by atoms with Crippen molar-refractivity contribution in [3.8, 4) is 16.3 Å². The van der Waals surface area contributed by atoms with Crippen LogP contribution in [0.4, 0.5) is 5.69 Å². The number of hydrogen-bond acceptors (Lipinski definition) is 6. The van der Waals surface area contributed by atoms with Crippen molar-refractivity contribution in [3.63, 3.8) is 0 Å². The largest absolute Gasteiger partial charge is 0.495 e. The Hall–Kier alpha value is -3.27. The minimum atomic E-state index is -3.80. The molecular weight excluding hydrogens is 470 g/mol. The number of hydrogen-bond donors (Lipinski definition) is 1. The van der Waals surface area contributed by atoms with Gasteiger partial charge < -0.3 is 10.1 Å². The molecule has 4 rings (SSSR count). The second-order valence-electron chi connectivity index (χ2n) is 7.47. The van der Waals surface area contributed by atoms with Gasteiger partial charge in [0.2, 0.25) is 10.0 Å². The van der Waals surface area contributed by atoms with Gasteiger partial charge in [0.1, 0.15) is 15.7 Å². The molecule has 34 heavy (non-hydrogen) atoms. The smallest absolute Gasteiger partial charge is 0.255 e. The van der Waals surface area contributed by atoms with E-state index in [1.54, 1.807) is 43.4 Å². The van der Waals surface area contributed by atoms with E-state index in [4.69, 9.17) is 4.74 Å². The highest BCUT2D eigenvalue weighted by molar-refractivity contribution is 7.89. The van der Waals surface area contributed by atoms with Gasteiger partial charge >= 0.3 is 0 Å². The number of methoxy groups -OCH3 is 1. The van der Waals surface area contributed by atoms with E-state index < -0.39 is 15.9 Å². The molecule has 1 N–H and O–H groups in total. The van der Waals surface area contributed by atoms with E-state index in [2.05, 4.69) is 10.3 Å². The standard InChI is InChI=1S/C25H25N3O4S2/c1-4-28(5-2)34(30,31)23-16-18(12-15-21(23)32-3)24(29)26-19-13-10-17(11-14-19)25-27-20-8-6-7-9-22(20)33-25/h6-16H,4-5H2,1-3H3,(H,26,29). The first-order valence-electron chi connectivity index (χ1n) is 10.8. The minimum absolute atomic E-state index is 0.0301. The Morgan fingerprint density at radius 3 is 2.38 bits per heavy atom. The van der Waals surface area contributed by atoms with Crippen molar-refractivity contribution in [2.45, 2.75) is 18.7 Å². The van der Waals surface area contributed by atoms with Crippen molar-refractivity contribution in [2.24, 2.45) is 0 Å². The van der Waals surface area contributed by atoms with Crippen LogP contribution in [0.1, 0.15) is 24.2 Å². The van der Waals surface area contributed by atoms with E-state index in [9.17, 15) is 13.2 Å². The van der Waals surface area contributed by atoms with Crippen LogP contribution < -0.4 is 10.1 Å². The molecule has 0 aliphatic carbocycles. The molecule has 0 spiro atoms. The van der Waals surface area contributed by atoms with Gasteiger partial charge in [-0.1, -0.05) is 26.0 Å². The summed E-state index contributed by atoms with van der Waals surface area (Å²) in [6.07, 6.45) is 0. The molecular formula is C25H25N3O4S2. The number of carbonyl (C=O) groups excluding carboxylic acids is 1. The SMILES string of the molecule is CCN(CC)S(=O)(=O)c1cc(C(=O)Nc2ccc(-c3nc4ccccc4s3)cc2)ccc1OC. The summed E-state index contributed by atoms with van der Waals surface area (Å²) in [6.45, 7) is 4.17. The Morgan fingerprint density at radius 1 is 1.03 bits per heavy atom. The topological polar surface area (TPSA) is 88.6 Å². The lowest BCUT2D eigenvalue weighted by atomic mass is 10.1. The molecule has 9 heteroatoms. The van der Waals surface area contributed by atoms with E-state index >= 15 is 0 Å². The number of nitrogens with zero attached hydrogens (tertiary/aromatic N) is 2. The highest BCUT2D eigenvalue weighted by Crippen LogP contribution is 2.31. The number of sulfonamides is 1. The number of amides is 1.